The highest BCUT2D eigenvalue weighted by molar-refractivity contribution is 7.10. The Bertz CT molecular complexity index is 913. The molecular formula is C20H21ClFN3O3S. The first-order valence-corrected chi connectivity index (χ1v) is 10.3. The standard InChI is InChI=1S/C20H21ClFN3O3S/c1-3-28-19(26)17-15(23-20(27)24-18(17)16-8-5-9-29-16)11-25(2)10-12-13(21)6-4-7-14(12)22/h4-9,18H,3,10-11H2,1-2H3,(H2,23,24,27). The minimum absolute atomic E-state index is 0.202. The lowest BCUT2D eigenvalue weighted by atomic mass is 10.0. The summed E-state index contributed by atoms with van der Waals surface area (Å²) in [5.74, 6) is -0.916. The maximum Gasteiger partial charge on any atom is 0.338 e. The van der Waals surface area contributed by atoms with Crippen LogP contribution in [0.4, 0.5) is 9.18 Å². The van der Waals surface area contributed by atoms with Gasteiger partial charge in [0.15, 0.2) is 0 Å². The maximum absolute atomic E-state index is 14.1. The Labute approximate surface area is 177 Å². The van der Waals surface area contributed by atoms with Crippen LogP contribution in [0.1, 0.15) is 23.4 Å². The molecule has 2 N–H and O–H groups in total. The molecule has 0 radical (unpaired) electrons. The van der Waals surface area contributed by atoms with Crippen molar-refractivity contribution in [3.05, 3.63) is 68.3 Å². The van der Waals surface area contributed by atoms with E-state index >= 15 is 0 Å². The highest BCUT2D eigenvalue weighted by Gasteiger charge is 2.34. The van der Waals surface area contributed by atoms with Crippen molar-refractivity contribution in [1.29, 1.82) is 0 Å². The molecule has 1 unspecified atom stereocenters. The van der Waals surface area contributed by atoms with Crippen molar-refractivity contribution in [2.45, 2.75) is 19.5 Å². The molecule has 3 rings (SSSR count). The van der Waals surface area contributed by atoms with Gasteiger partial charge in [-0.1, -0.05) is 23.7 Å². The van der Waals surface area contributed by atoms with Crippen LogP contribution in [-0.4, -0.2) is 37.1 Å². The Morgan fingerprint density at radius 3 is 2.76 bits per heavy atom. The van der Waals surface area contributed by atoms with Crippen LogP contribution in [0.3, 0.4) is 0 Å². The van der Waals surface area contributed by atoms with E-state index in [2.05, 4.69) is 10.6 Å². The van der Waals surface area contributed by atoms with Crippen LogP contribution in [-0.2, 0) is 16.1 Å². The number of nitrogens with zero attached hydrogens (tertiary/aromatic N) is 1. The number of hydrogen-bond donors (Lipinski definition) is 2. The highest BCUT2D eigenvalue weighted by atomic mass is 35.5. The summed E-state index contributed by atoms with van der Waals surface area (Å²) in [4.78, 5) is 27.5. The summed E-state index contributed by atoms with van der Waals surface area (Å²) >= 11 is 7.55. The van der Waals surface area contributed by atoms with Gasteiger partial charge in [0.1, 0.15) is 5.82 Å². The monoisotopic (exact) mass is 437 g/mol. The van der Waals surface area contributed by atoms with Gasteiger partial charge in [-0.25, -0.2) is 14.0 Å². The van der Waals surface area contributed by atoms with Crippen LogP contribution in [0, 0.1) is 5.82 Å². The molecule has 6 nitrogen and oxygen atoms in total. The number of amides is 2. The van der Waals surface area contributed by atoms with Crippen LogP contribution in [0.5, 0.6) is 0 Å². The molecular weight excluding hydrogens is 417 g/mol. The quantitative estimate of drug-likeness (QED) is 0.645. The van der Waals surface area contributed by atoms with E-state index in [0.29, 0.717) is 21.9 Å². The number of urea groups is 1. The Morgan fingerprint density at radius 2 is 2.10 bits per heavy atom. The Kier molecular flexibility index (Phi) is 6.89. The van der Waals surface area contributed by atoms with E-state index < -0.39 is 23.9 Å². The summed E-state index contributed by atoms with van der Waals surface area (Å²) in [5.41, 5.74) is 1.10. The van der Waals surface area contributed by atoms with E-state index in [1.807, 2.05) is 17.5 Å². The number of nitrogens with one attached hydrogen (secondary N) is 2. The molecule has 0 fully saturated rings. The Morgan fingerprint density at radius 1 is 1.31 bits per heavy atom. The van der Waals surface area contributed by atoms with Crippen molar-refractivity contribution in [2.24, 2.45) is 0 Å². The number of benzene rings is 1. The molecule has 0 aliphatic carbocycles. The fourth-order valence-electron chi connectivity index (χ4n) is 3.14. The number of likely N-dealkylation sites (N-methyl/N-ethyl adjacent to an activating group) is 1. The van der Waals surface area contributed by atoms with Crippen molar-refractivity contribution in [1.82, 2.24) is 15.5 Å². The molecule has 2 heterocycles. The molecule has 1 aromatic heterocycles. The average molecular weight is 438 g/mol. The van der Waals surface area contributed by atoms with Crippen LogP contribution < -0.4 is 10.6 Å². The molecule has 2 amide bonds. The third-order valence-electron chi connectivity index (χ3n) is 4.39. The molecule has 2 aromatic rings. The molecule has 1 atom stereocenters. The van der Waals surface area contributed by atoms with Gasteiger partial charge in [0.2, 0.25) is 0 Å². The highest BCUT2D eigenvalue weighted by Crippen LogP contribution is 2.31. The summed E-state index contributed by atoms with van der Waals surface area (Å²) in [5, 5.41) is 7.68. The third kappa shape index (κ3) is 4.95. The van der Waals surface area contributed by atoms with Crippen LogP contribution in [0.2, 0.25) is 5.02 Å². The largest absolute Gasteiger partial charge is 0.463 e. The molecule has 1 aliphatic heterocycles. The fourth-order valence-corrected chi connectivity index (χ4v) is 4.15. The summed E-state index contributed by atoms with van der Waals surface area (Å²) in [7, 11) is 1.76. The second-order valence-electron chi connectivity index (χ2n) is 6.53. The topological polar surface area (TPSA) is 70.7 Å². The molecule has 0 bridgehead atoms. The van der Waals surface area contributed by atoms with Gasteiger partial charge in [0.05, 0.1) is 18.2 Å². The SMILES string of the molecule is CCOC(=O)C1=C(CN(C)Cc2c(F)cccc2Cl)NC(=O)NC1c1cccs1. The molecule has 1 aliphatic rings. The van der Waals surface area contributed by atoms with Crippen molar-refractivity contribution in [3.8, 4) is 0 Å². The Balaban J connectivity index is 1.92. The maximum atomic E-state index is 14.1. The molecule has 0 saturated carbocycles. The minimum atomic E-state index is -0.608. The average Bonchev–Trinajstić information content (AvgIpc) is 3.19. The summed E-state index contributed by atoms with van der Waals surface area (Å²) in [6, 6.07) is 7.19. The van der Waals surface area contributed by atoms with Crippen molar-refractivity contribution in [2.75, 3.05) is 20.2 Å². The fraction of sp³-hybridized carbons (Fsp3) is 0.300. The van der Waals surface area contributed by atoms with E-state index in [-0.39, 0.29) is 19.7 Å². The molecule has 29 heavy (non-hydrogen) atoms. The third-order valence-corrected chi connectivity index (χ3v) is 5.69. The van der Waals surface area contributed by atoms with Crippen LogP contribution in [0.15, 0.2) is 47.0 Å². The number of ether oxygens (including phenoxy) is 1. The first-order valence-electron chi connectivity index (χ1n) is 9.03. The number of halogens is 2. The summed E-state index contributed by atoms with van der Waals surface area (Å²) in [6.45, 7) is 2.34. The lowest BCUT2D eigenvalue weighted by Gasteiger charge is -2.30. The molecule has 0 saturated heterocycles. The van der Waals surface area contributed by atoms with Gasteiger partial charge in [-0.2, -0.15) is 0 Å². The lowest BCUT2D eigenvalue weighted by Crippen LogP contribution is -2.48. The van der Waals surface area contributed by atoms with Crippen LogP contribution in [0.25, 0.3) is 0 Å². The zero-order valence-electron chi connectivity index (χ0n) is 16.0. The number of hydrogen-bond acceptors (Lipinski definition) is 5. The van der Waals surface area contributed by atoms with Gasteiger partial charge in [-0.3, -0.25) is 4.90 Å². The first kappa shape index (κ1) is 21.3. The summed E-state index contributed by atoms with van der Waals surface area (Å²) in [6.07, 6.45) is 0. The van der Waals surface area contributed by atoms with E-state index in [1.54, 1.807) is 31.0 Å². The lowest BCUT2D eigenvalue weighted by molar-refractivity contribution is -0.139. The van der Waals surface area contributed by atoms with E-state index in [0.717, 1.165) is 4.88 Å². The van der Waals surface area contributed by atoms with E-state index in [1.165, 1.54) is 17.4 Å². The predicted octanol–water partition coefficient (Wildman–Crippen LogP) is 3.84. The zero-order chi connectivity index (χ0) is 21.0. The van der Waals surface area contributed by atoms with Crippen molar-refractivity contribution >= 4 is 34.9 Å². The smallest absolute Gasteiger partial charge is 0.338 e. The molecule has 0 spiro atoms. The van der Waals surface area contributed by atoms with Gasteiger partial charge in [-0.15, -0.1) is 11.3 Å². The number of carbonyl (C=O) groups excluding carboxylic acids is 2. The second-order valence-corrected chi connectivity index (χ2v) is 7.92. The Hall–Kier alpha value is -2.42. The van der Waals surface area contributed by atoms with Gasteiger partial charge in [0, 0.05) is 34.2 Å². The van der Waals surface area contributed by atoms with Crippen molar-refractivity contribution < 1.29 is 18.7 Å². The zero-order valence-corrected chi connectivity index (χ0v) is 17.6. The minimum Gasteiger partial charge on any atom is -0.463 e. The molecule has 9 heteroatoms. The van der Waals surface area contributed by atoms with Crippen LogP contribution >= 0.6 is 22.9 Å². The molecule has 1 aromatic carbocycles. The molecule has 154 valence electrons. The van der Waals surface area contributed by atoms with Gasteiger partial charge in [-0.05, 0) is 37.6 Å². The number of rotatable bonds is 7. The second kappa shape index (κ2) is 9.39. The normalized spacial score (nSPS) is 16.6. The number of esters is 1. The van der Waals surface area contributed by atoms with Gasteiger partial charge < -0.3 is 15.4 Å². The van der Waals surface area contributed by atoms with Gasteiger partial charge >= 0.3 is 12.0 Å². The predicted molar refractivity (Wildman–Crippen MR) is 110 cm³/mol. The van der Waals surface area contributed by atoms with E-state index in [9.17, 15) is 14.0 Å². The number of carbonyl (C=O) groups is 2. The van der Waals surface area contributed by atoms with Crippen molar-refractivity contribution in [3.63, 3.8) is 0 Å². The van der Waals surface area contributed by atoms with E-state index in [4.69, 9.17) is 16.3 Å². The van der Waals surface area contributed by atoms with Gasteiger partial charge in [0.25, 0.3) is 0 Å². The number of thiophene rings is 1. The summed E-state index contributed by atoms with van der Waals surface area (Å²) < 4.78 is 19.4. The first-order chi connectivity index (χ1) is 13.9.